The van der Waals surface area contributed by atoms with Crippen molar-refractivity contribution in [2.45, 2.75) is 20.4 Å². The molecule has 0 aliphatic rings. The Morgan fingerprint density at radius 2 is 2.03 bits per heavy atom. The number of hydrogen-bond donors (Lipinski definition) is 2. The lowest BCUT2D eigenvalue weighted by Crippen LogP contribution is -2.43. The molecule has 3 rings (SSSR count). The molecule has 0 fully saturated rings. The molecule has 2 aromatic heterocycles. The van der Waals surface area contributed by atoms with Crippen LogP contribution < -0.4 is 22.3 Å². The van der Waals surface area contributed by atoms with Gasteiger partial charge in [-0.25, -0.2) is 9.48 Å². The van der Waals surface area contributed by atoms with E-state index in [4.69, 9.17) is 17.3 Å². The van der Waals surface area contributed by atoms with Crippen molar-refractivity contribution >= 4 is 28.9 Å². The molecule has 0 unspecified atom stereocenters. The smallest absolute Gasteiger partial charge is 0.332 e. The number of carbonyl (C=O) groups is 1. The Kier molecular flexibility index (Phi) is 6.12. The fourth-order valence-corrected chi connectivity index (χ4v) is 3.34. The van der Waals surface area contributed by atoms with Gasteiger partial charge in [0.2, 0.25) is 0 Å². The van der Waals surface area contributed by atoms with Crippen LogP contribution in [-0.2, 0) is 13.6 Å². The zero-order valence-corrected chi connectivity index (χ0v) is 17.7. The summed E-state index contributed by atoms with van der Waals surface area (Å²) >= 11 is 6.31. The van der Waals surface area contributed by atoms with E-state index in [2.05, 4.69) is 10.4 Å². The molecule has 0 saturated heterocycles. The van der Waals surface area contributed by atoms with Crippen LogP contribution in [0.25, 0.3) is 5.69 Å². The predicted molar refractivity (Wildman–Crippen MR) is 117 cm³/mol. The molecule has 0 radical (unpaired) electrons. The second kappa shape index (κ2) is 8.58. The number of nitrogens with one attached hydrogen (secondary N) is 1. The van der Waals surface area contributed by atoms with E-state index < -0.39 is 17.0 Å². The number of nitrogens with zero attached hydrogens (tertiary/aromatic N) is 4. The van der Waals surface area contributed by atoms with Crippen molar-refractivity contribution in [3.05, 3.63) is 68.1 Å². The summed E-state index contributed by atoms with van der Waals surface area (Å²) in [4.78, 5) is 37.7. The number of carbonyl (C=O) groups excluding carboxylic acids is 1. The number of aromatic nitrogens is 4. The van der Waals surface area contributed by atoms with Crippen molar-refractivity contribution in [3.8, 4) is 5.69 Å². The largest absolute Gasteiger partial charge is 0.384 e. The first-order valence-corrected chi connectivity index (χ1v) is 9.74. The van der Waals surface area contributed by atoms with Gasteiger partial charge in [-0.1, -0.05) is 25.4 Å². The lowest BCUT2D eigenvalue weighted by Gasteiger charge is -2.16. The van der Waals surface area contributed by atoms with Crippen molar-refractivity contribution in [2.75, 3.05) is 17.6 Å². The maximum Gasteiger partial charge on any atom is 0.332 e. The molecule has 0 bridgehead atoms. The molecule has 158 valence electrons. The van der Waals surface area contributed by atoms with Gasteiger partial charge >= 0.3 is 5.69 Å². The molecule has 3 N–H and O–H groups in total. The molecule has 0 amide bonds. The van der Waals surface area contributed by atoms with Gasteiger partial charge in [-0.2, -0.15) is 5.10 Å². The van der Waals surface area contributed by atoms with E-state index in [1.165, 1.54) is 11.6 Å². The number of anilines is 2. The summed E-state index contributed by atoms with van der Waals surface area (Å²) in [7, 11) is 1.33. The third kappa shape index (κ3) is 4.16. The number of rotatable bonds is 7. The third-order valence-corrected chi connectivity index (χ3v) is 4.86. The van der Waals surface area contributed by atoms with Gasteiger partial charge in [0.25, 0.3) is 5.56 Å². The Labute approximate surface area is 177 Å². The molecular weight excluding hydrogens is 408 g/mol. The van der Waals surface area contributed by atoms with Crippen LogP contribution in [0.2, 0.25) is 5.02 Å². The lowest BCUT2D eigenvalue weighted by atomic mass is 10.1. The minimum atomic E-state index is -0.712. The summed E-state index contributed by atoms with van der Waals surface area (Å²) < 4.78 is 3.79. The fraction of sp³-hybridized carbons (Fsp3) is 0.300. The molecule has 0 aliphatic heterocycles. The van der Waals surface area contributed by atoms with E-state index in [0.717, 1.165) is 4.57 Å². The highest BCUT2D eigenvalue weighted by Gasteiger charge is 2.21. The third-order valence-electron chi connectivity index (χ3n) is 4.56. The van der Waals surface area contributed by atoms with Crippen molar-refractivity contribution in [1.82, 2.24) is 18.9 Å². The van der Waals surface area contributed by atoms with E-state index in [9.17, 15) is 14.4 Å². The topological polar surface area (TPSA) is 117 Å². The monoisotopic (exact) mass is 430 g/mol. The number of nitrogens with two attached hydrogens (primary N) is 1. The minimum absolute atomic E-state index is 0.110. The van der Waals surface area contributed by atoms with Gasteiger partial charge in [0.1, 0.15) is 11.4 Å². The minimum Gasteiger partial charge on any atom is -0.384 e. The van der Waals surface area contributed by atoms with Gasteiger partial charge in [-0.05, 0) is 30.2 Å². The van der Waals surface area contributed by atoms with Gasteiger partial charge in [0.15, 0.2) is 5.78 Å². The summed E-state index contributed by atoms with van der Waals surface area (Å²) in [6.07, 6.45) is 3.41. The predicted octanol–water partition coefficient (Wildman–Crippen LogP) is 1.92. The van der Waals surface area contributed by atoms with Crippen molar-refractivity contribution in [3.63, 3.8) is 0 Å². The van der Waals surface area contributed by atoms with Crippen LogP contribution in [0.5, 0.6) is 0 Å². The summed E-state index contributed by atoms with van der Waals surface area (Å²) in [5, 5.41) is 7.53. The quantitative estimate of drug-likeness (QED) is 0.553. The van der Waals surface area contributed by atoms with Gasteiger partial charge in [-0.15, -0.1) is 0 Å². The Morgan fingerprint density at radius 1 is 1.30 bits per heavy atom. The Balaban J connectivity index is 1.85. The summed E-state index contributed by atoms with van der Waals surface area (Å²) in [6.45, 7) is 3.95. The molecule has 0 saturated carbocycles. The second-order valence-corrected chi connectivity index (χ2v) is 7.71. The van der Waals surface area contributed by atoms with Crippen LogP contribution in [0.4, 0.5) is 11.5 Å². The van der Waals surface area contributed by atoms with Gasteiger partial charge in [-0.3, -0.25) is 18.7 Å². The molecule has 1 aromatic carbocycles. The Morgan fingerprint density at radius 3 is 2.63 bits per heavy atom. The number of nitrogen functional groups attached to an aromatic ring is 1. The van der Waals surface area contributed by atoms with Crippen molar-refractivity contribution < 1.29 is 4.79 Å². The first-order valence-electron chi connectivity index (χ1n) is 9.36. The van der Waals surface area contributed by atoms with Crippen LogP contribution in [0.1, 0.15) is 24.2 Å². The highest BCUT2D eigenvalue weighted by atomic mass is 35.5. The Hall–Kier alpha value is -3.33. The highest BCUT2D eigenvalue weighted by Crippen LogP contribution is 2.24. The molecule has 0 atom stereocenters. The number of hydrogen-bond acceptors (Lipinski definition) is 6. The average molecular weight is 431 g/mol. The molecule has 9 nitrogen and oxygen atoms in total. The lowest BCUT2D eigenvalue weighted by molar-refractivity contribution is 0.100. The highest BCUT2D eigenvalue weighted by molar-refractivity contribution is 6.32. The standard InChI is InChI=1S/C20H23ClN6O3/c1-12(2)11-26-18(22)17(19(29)25(3)20(26)30)16(28)10-23-13-5-6-15(14(21)9-13)27-8-4-7-24-27/h4-9,12,23H,10-11,22H2,1-3H3. The summed E-state index contributed by atoms with van der Waals surface area (Å²) in [6, 6.07) is 6.95. The van der Waals surface area contributed by atoms with E-state index in [0.29, 0.717) is 22.9 Å². The van der Waals surface area contributed by atoms with E-state index >= 15 is 0 Å². The maximum atomic E-state index is 12.8. The first kappa shape index (κ1) is 21.4. The first-order chi connectivity index (χ1) is 14.2. The number of Topliss-reactive ketones (excluding diaryl/α,β-unsaturated/α-hetero) is 1. The summed E-state index contributed by atoms with van der Waals surface area (Å²) in [5.41, 5.74) is 5.86. The number of benzene rings is 1. The van der Waals surface area contributed by atoms with E-state index in [1.807, 2.05) is 13.8 Å². The van der Waals surface area contributed by atoms with Crippen LogP contribution in [0.15, 0.2) is 46.2 Å². The Bertz CT molecular complexity index is 1190. The summed E-state index contributed by atoms with van der Waals surface area (Å²) in [5.74, 6) is -0.521. The normalized spacial score (nSPS) is 11.1. The number of halogens is 1. The second-order valence-electron chi connectivity index (χ2n) is 7.30. The fourth-order valence-electron chi connectivity index (χ4n) is 3.07. The molecular formula is C20H23ClN6O3. The molecule has 2 heterocycles. The molecule has 0 spiro atoms. The van der Waals surface area contributed by atoms with Crippen LogP contribution >= 0.6 is 11.6 Å². The number of ketones is 1. The maximum absolute atomic E-state index is 12.8. The van der Waals surface area contributed by atoms with E-state index in [1.54, 1.807) is 41.3 Å². The average Bonchev–Trinajstić information content (AvgIpc) is 3.22. The van der Waals surface area contributed by atoms with Gasteiger partial charge < -0.3 is 11.1 Å². The zero-order chi connectivity index (χ0) is 22.0. The van der Waals surface area contributed by atoms with E-state index in [-0.39, 0.29) is 23.8 Å². The van der Waals surface area contributed by atoms with Crippen LogP contribution in [0, 0.1) is 5.92 Å². The van der Waals surface area contributed by atoms with Crippen molar-refractivity contribution in [2.24, 2.45) is 13.0 Å². The molecule has 0 aliphatic carbocycles. The van der Waals surface area contributed by atoms with Crippen LogP contribution in [0.3, 0.4) is 0 Å². The van der Waals surface area contributed by atoms with Gasteiger partial charge in [0, 0.05) is 31.7 Å². The molecule has 3 aromatic rings. The SMILES string of the molecule is CC(C)Cn1c(N)c(C(=O)CNc2ccc(-n3cccn3)c(Cl)c2)c(=O)n(C)c1=O. The molecule has 10 heteroatoms. The molecule has 30 heavy (non-hydrogen) atoms. The van der Waals surface area contributed by atoms with Crippen molar-refractivity contribution in [1.29, 1.82) is 0 Å². The zero-order valence-electron chi connectivity index (χ0n) is 16.9. The van der Waals surface area contributed by atoms with Gasteiger partial charge in [0.05, 0.1) is 17.3 Å². The van der Waals surface area contributed by atoms with Crippen LogP contribution in [-0.4, -0.2) is 31.2 Å².